The zero-order valence-corrected chi connectivity index (χ0v) is 16.4. The Balaban J connectivity index is 1.28. The Morgan fingerprint density at radius 3 is 2.75 bits per heavy atom. The van der Waals surface area contributed by atoms with Crippen LogP contribution in [-0.4, -0.2) is 34.8 Å². The molecule has 1 spiro atoms. The largest absolute Gasteiger partial charge is 0.462 e. The van der Waals surface area contributed by atoms with Crippen LogP contribution in [0, 0.1) is 6.92 Å². The molecule has 3 aliphatic rings. The molecule has 148 valence electrons. The van der Waals surface area contributed by atoms with Gasteiger partial charge in [-0.25, -0.2) is 4.98 Å². The molecule has 1 aromatic heterocycles. The average Bonchev–Trinajstić information content (AvgIpc) is 2.66. The lowest BCUT2D eigenvalue weighted by atomic mass is 9.89. The number of nitrogens with two attached hydrogens (primary N) is 1. The summed E-state index contributed by atoms with van der Waals surface area (Å²) in [6, 6.07) is 10.7. The Hall–Kier alpha value is -2.31. The molecule has 0 unspecified atom stereocenters. The van der Waals surface area contributed by atoms with E-state index >= 15 is 0 Å². The van der Waals surface area contributed by atoms with Crippen molar-refractivity contribution >= 4 is 17.2 Å². The number of ether oxygens (including phenoxy) is 2. The Kier molecular flexibility index (Phi) is 4.40. The van der Waals surface area contributed by atoms with Crippen molar-refractivity contribution in [1.29, 1.82) is 0 Å². The molecule has 0 bridgehead atoms. The number of aromatic nitrogens is 1. The van der Waals surface area contributed by atoms with Gasteiger partial charge < -0.3 is 20.5 Å². The van der Waals surface area contributed by atoms with Gasteiger partial charge in [0.1, 0.15) is 5.75 Å². The number of hydrogen-bond acceptors (Lipinski definition) is 6. The van der Waals surface area contributed by atoms with E-state index in [0.29, 0.717) is 18.1 Å². The molecular weight excluding hydrogens is 352 g/mol. The van der Waals surface area contributed by atoms with Gasteiger partial charge in [0.15, 0.2) is 5.82 Å². The van der Waals surface area contributed by atoms with Crippen LogP contribution in [0.25, 0.3) is 0 Å². The summed E-state index contributed by atoms with van der Waals surface area (Å²) in [6.07, 6.45) is 5.97. The second-order valence-electron chi connectivity index (χ2n) is 8.26. The normalized spacial score (nSPS) is 21.6. The Labute approximate surface area is 166 Å². The second kappa shape index (κ2) is 6.94. The summed E-state index contributed by atoms with van der Waals surface area (Å²) in [6.45, 7) is 4.66. The third-order valence-corrected chi connectivity index (χ3v) is 6.33. The predicted molar refractivity (Wildman–Crippen MR) is 110 cm³/mol. The zero-order valence-electron chi connectivity index (χ0n) is 16.4. The van der Waals surface area contributed by atoms with Gasteiger partial charge in [-0.15, -0.1) is 0 Å². The molecule has 1 aliphatic carbocycles. The number of benzene rings is 1. The lowest BCUT2D eigenvalue weighted by Gasteiger charge is -2.47. The van der Waals surface area contributed by atoms with Gasteiger partial charge >= 0.3 is 0 Å². The number of likely N-dealkylation sites (tertiary alicyclic amines) is 1. The summed E-state index contributed by atoms with van der Waals surface area (Å²) in [4.78, 5) is 7.09. The number of fused-ring (bicyclic) bond motifs is 1. The van der Waals surface area contributed by atoms with E-state index in [9.17, 15) is 0 Å². The molecule has 0 radical (unpaired) electrons. The van der Waals surface area contributed by atoms with E-state index < -0.39 is 5.79 Å². The number of hydrogen-bond donors (Lipinski definition) is 2. The molecule has 1 saturated heterocycles. The first kappa shape index (κ1) is 17.8. The lowest BCUT2D eigenvalue weighted by molar-refractivity contribution is -0.231. The maximum Gasteiger partial charge on any atom is 0.213 e. The highest BCUT2D eigenvalue weighted by molar-refractivity contribution is 5.69. The number of nitrogens with one attached hydrogen (secondary N) is 1. The highest BCUT2D eigenvalue weighted by Gasteiger charge is 2.42. The van der Waals surface area contributed by atoms with Crippen molar-refractivity contribution in [3.63, 3.8) is 0 Å². The van der Waals surface area contributed by atoms with Gasteiger partial charge in [0.05, 0.1) is 12.3 Å². The number of rotatable bonds is 3. The maximum atomic E-state index is 6.37. The van der Waals surface area contributed by atoms with Crippen molar-refractivity contribution in [2.75, 3.05) is 24.1 Å². The summed E-state index contributed by atoms with van der Waals surface area (Å²) in [7, 11) is 0. The van der Waals surface area contributed by atoms with Crippen LogP contribution in [0.1, 0.15) is 43.4 Å². The Bertz CT molecular complexity index is 873. The van der Waals surface area contributed by atoms with Crippen LogP contribution in [0.15, 0.2) is 30.3 Å². The molecule has 6 nitrogen and oxygen atoms in total. The van der Waals surface area contributed by atoms with Crippen molar-refractivity contribution in [1.82, 2.24) is 9.88 Å². The van der Waals surface area contributed by atoms with Gasteiger partial charge in [-0.3, -0.25) is 4.90 Å². The van der Waals surface area contributed by atoms with Crippen LogP contribution >= 0.6 is 0 Å². The van der Waals surface area contributed by atoms with Crippen molar-refractivity contribution in [2.45, 2.75) is 57.5 Å². The molecule has 2 aliphatic heterocycles. The highest BCUT2D eigenvalue weighted by atomic mass is 16.7. The first-order chi connectivity index (χ1) is 13.6. The van der Waals surface area contributed by atoms with Gasteiger partial charge in [-0.05, 0) is 50.1 Å². The second-order valence-corrected chi connectivity index (χ2v) is 8.26. The standard InChI is InChI=1S/C22H28N4O2/c1-15-5-7-19(23)21(24-15)25-17-6-8-20-16(13-17)14-27-22(28-20)9-11-26(12-10-22)18-3-2-4-18/h5-8,13,18H,2-4,9-12,14,23H2,1H3,(H,24,25). The fraction of sp³-hybridized carbons (Fsp3) is 0.500. The molecule has 0 amide bonds. The van der Waals surface area contributed by atoms with E-state index in [4.69, 9.17) is 15.2 Å². The fourth-order valence-electron chi connectivity index (χ4n) is 4.34. The molecule has 2 fully saturated rings. The first-order valence-corrected chi connectivity index (χ1v) is 10.3. The van der Waals surface area contributed by atoms with Crippen LogP contribution in [0.2, 0.25) is 0 Å². The third kappa shape index (κ3) is 3.31. The summed E-state index contributed by atoms with van der Waals surface area (Å²) in [5.74, 6) is 1.15. The monoisotopic (exact) mass is 380 g/mol. The van der Waals surface area contributed by atoms with Crippen LogP contribution in [-0.2, 0) is 11.3 Å². The van der Waals surface area contributed by atoms with E-state index in [0.717, 1.165) is 54.7 Å². The molecular formula is C22H28N4O2. The number of pyridine rings is 1. The summed E-state index contributed by atoms with van der Waals surface area (Å²) < 4.78 is 12.6. The molecule has 3 heterocycles. The fourth-order valence-corrected chi connectivity index (χ4v) is 4.34. The number of piperidine rings is 1. The van der Waals surface area contributed by atoms with Crippen LogP contribution in [0.5, 0.6) is 5.75 Å². The van der Waals surface area contributed by atoms with Gasteiger partial charge in [0.2, 0.25) is 5.79 Å². The molecule has 1 aromatic carbocycles. The van der Waals surface area contributed by atoms with E-state index in [1.165, 1.54) is 19.3 Å². The molecule has 3 N–H and O–H groups in total. The molecule has 0 atom stereocenters. The van der Waals surface area contributed by atoms with Crippen molar-refractivity contribution in [3.05, 3.63) is 41.6 Å². The van der Waals surface area contributed by atoms with Crippen molar-refractivity contribution in [2.24, 2.45) is 0 Å². The van der Waals surface area contributed by atoms with E-state index in [2.05, 4.69) is 21.3 Å². The van der Waals surface area contributed by atoms with Crippen LogP contribution in [0.4, 0.5) is 17.2 Å². The Morgan fingerprint density at radius 2 is 2.00 bits per heavy atom. The average molecular weight is 380 g/mol. The topological polar surface area (TPSA) is 72.6 Å². The van der Waals surface area contributed by atoms with E-state index in [1.54, 1.807) is 0 Å². The SMILES string of the molecule is Cc1ccc(N)c(Nc2ccc3c(c2)COC2(CCN(C4CCC4)CC2)O3)n1. The van der Waals surface area contributed by atoms with Crippen LogP contribution < -0.4 is 15.8 Å². The van der Waals surface area contributed by atoms with Gasteiger partial charge in [-0.1, -0.05) is 6.42 Å². The van der Waals surface area contributed by atoms with Gasteiger partial charge in [-0.2, -0.15) is 0 Å². The zero-order chi connectivity index (χ0) is 19.1. The van der Waals surface area contributed by atoms with E-state index in [1.807, 2.05) is 31.2 Å². The minimum absolute atomic E-state index is 0.454. The summed E-state index contributed by atoms with van der Waals surface area (Å²) in [5.41, 5.74) is 9.59. The molecule has 6 heteroatoms. The maximum absolute atomic E-state index is 6.37. The minimum Gasteiger partial charge on any atom is -0.462 e. The number of aryl methyl sites for hydroxylation is 1. The predicted octanol–water partition coefficient (Wildman–Crippen LogP) is 3.97. The minimum atomic E-state index is -0.454. The summed E-state index contributed by atoms with van der Waals surface area (Å²) in [5, 5.41) is 3.31. The summed E-state index contributed by atoms with van der Waals surface area (Å²) >= 11 is 0. The Morgan fingerprint density at radius 1 is 1.18 bits per heavy atom. The number of nitrogens with zero attached hydrogens (tertiary/aromatic N) is 2. The highest BCUT2D eigenvalue weighted by Crippen LogP contribution is 2.40. The number of nitrogen functional groups attached to an aromatic ring is 1. The quantitative estimate of drug-likeness (QED) is 0.839. The molecule has 28 heavy (non-hydrogen) atoms. The van der Waals surface area contributed by atoms with Crippen molar-refractivity contribution < 1.29 is 9.47 Å². The molecule has 1 saturated carbocycles. The number of anilines is 3. The molecule has 2 aromatic rings. The smallest absolute Gasteiger partial charge is 0.213 e. The van der Waals surface area contributed by atoms with E-state index in [-0.39, 0.29) is 0 Å². The third-order valence-electron chi connectivity index (χ3n) is 6.33. The van der Waals surface area contributed by atoms with Gasteiger partial charge in [0, 0.05) is 48.9 Å². The van der Waals surface area contributed by atoms with Crippen LogP contribution in [0.3, 0.4) is 0 Å². The van der Waals surface area contributed by atoms with Gasteiger partial charge in [0.25, 0.3) is 0 Å². The lowest BCUT2D eigenvalue weighted by Crippen LogP contribution is -2.54. The first-order valence-electron chi connectivity index (χ1n) is 10.3. The van der Waals surface area contributed by atoms with Crippen molar-refractivity contribution in [3.8, 4) is 5.75 Å². The molecule has 5 rings (SSSR count).